The molecule has 2 N–H and O–H groups in total. The molecule has 8 heteroatoms. The fraction of sp³-hybridized carbons (Fsp3) is 0.533. The van der Waals surface area contributed by atoms with Crippen LogP contribution in [0.1, 0.15) is 31.4 Å². The van der Waals surface area contributed by atoms with E-state index in [1.54, 1.807) is 17.1 Å². The van der Waals surface area contributed by atoms with Gasteiger partial charge in [-0.3, -0.25) is 14.5 Å². The lowest BCUT2D eigenvalue weighted by Gasteiger charge is -2.23. The van der Waals surface area contributed by atoms with E-state index >= 15 is 0 Å². The Morgan fingerprint density at radius 1 is 1.52 bits per heavy atom. The van der Waals surface area contributed by atoms with E-state index in [-0.39, 0.29) is 17.5 Å². The number of H-pyrrole nitrogens is 1. The summed E-state index contributed by atoms with van der Waals surface area (Å²) in [6.07, 6.45) is 5.18. The molecule has 0 saturated carbocycles. The van der Waals surface area contributed by atoms with Crippen LogP contribution in [0.3, 0.4) is 0 Å². The van der Waals surface area contributed by atoms with Gasteiger partial charge in [-0.05, 0) is 12.8 Å². The van der Waals surface area contributed by atoms with Crippen molar-refractivity contribution in [2.45, 2.75) is 38.3 Å². The van der Waals surface area contributed by atoms with Crippen LogP contribution in [0.4, 0.5) is 5.95 Å². The van der Waals surface area contributed by atoms with Crippen LogP contribution in [0, 0.1) is 0 Å². The second-order valence-electron chi connectivity index (χ2n) is 5.83. The SMILES string of the molecule is C[C@@H](Cn1cc(Cl)cn1)c1cc(=O)[nH]c(NC2CCOCC2)n1. The van der Waals surface area contributed by atoms with Crippen molar-refractivity contribution in [1.82, 2.24) is 19.7 Å². The van der Waals surface area contributed by atoms with Crippen LogP contribution in [0.25, 0.3) is 0 Å². The molecule has 0 amide bonds. The Labute approximate surface area is 139 Å². The maximum absolute atomic E-state index is 11.9. The van der Waals surface area contributed by atoms with Gasteiger partial charge in [-0.25, -0.2) is 4.98 Å². The van der Waals surface area contributed by atoms with E-state index in [1.807, 2.05) is 6.92 Å². The van der Waals surface area contributed by atoms with Gasteiger partial charge in [0.2, 0.25) is 5.95 Å². The average molecular weight is 338 g/mol. The van der Waals surface area contributed by atoms with Crippen molar-refractivity contribution in [3.05, 3.63) is 39.5 Å². The predicted octanol–water partition coefficient (Wildman–Crippen LogP) is 2.01. The summed E-state index contributed by atoms with van der Waals surface area (Å²) < 4.78 is 7.09. The highest BCUT2D eigenvalue weighted by Gasteiger charge is 2.16. The van der Waals surface area contributed by atoms with Crippen molar-refractivity contribution in [2.24, 2.45) is 0 Å². The number of nitrogens with one attached hydrogen (secondary N) is 2. The standard InChI is InChI=1S/C15H20ClN5O2/c1-10(8-21-9-11(16)7-17-21)13-6-14(22)20-15(19-13)18-12-2-4-23-5-3-12/h6-7,9-10,12H,2-5,8H2,1H3,(H2,18,19,20,22)/t10-/m0/s1. The molecule has 0 spiro atoms. The Kier molecular flexibility index (Phi) is 4.97. The van der Waals surface area contributed by atoms with Crippen molar-refractivity contribution in [1.29, 1.82) is 0 Å². The zero-order valence-electron chi connectivity index (χ0n) is 13.0. The number of hydrogen-bond acceptors (Lipinski definition) is 5. The van der Waals surface area contributed by atoms with Crippen LogP contribution in [-0.4, -0.2) is 39.0 Å². The highest BCUT2D eigenvalue weighted by atomic mass is 35.5. The summed E-state index contributed by atoms with van der Waals surface area (Å²) in [5, 5.41) is 8.05. The Bertz CT molecular complexity index is 708. The van der Waals surface area contributed by atoms with E-state index in [9.17, 15) is 4.79 Å². The number of ether oxygens (including phenoxy) is 1. The van der Waals surface area contributed by atoms with E-state index in [0.717, 1.165) is 31.7 Å². The first kappa shape index (κ1) is 16.0. The Morgan fingerprint density at radius 2 is 2.30 bits per heavy atom. The first-order chi connectivity index (χ1) is 11.1. The number of aromatic nitrogens is 4. The topological polar surface area (TPSA) is 84.8 Å². The van der Waals surface area contributed by atoms with Gasteiger partial charge in [0.05, 0.1) is 16.9 Å². The Morgan fingerprint density at radius 3 is 3.00 bits per heavy atom. The molecular formula is C15H20ClN5O2. The van der Waals surface area contributed by atoms with Gasteiger partial charge in [0.25, 0.3) is 5.56 Å². The molecule has 2 aromatic rings. The van der Waals surface area contributed by atoms with Gasteiger partial charge in [-0.2, -0.15) is 5.10 Å². The Hall–Kier alpha value is -1.86. The number of rotatable bonds is 5. The second-order valence-corrected chi connectivity index (χ2v) is 6.27. The van der Waals surface area contributed by atoms with Crippen molar-refractivity contribution < 1.29 is 4.74 Å². The number of halogens is 1. The minimum absolute atomic E-state index is 0.0449. The van der Waals surface area contributed by atoms with E-state index in [0.29, 0.717) is 17.5 Å². The molecule has 0 radical (unpaired) electrons. The van der Waals surface area contributed by atoms with E-state index < -0.39 is 0 Å². The molecule has 0 aromatic carbocycles. The lowest BCUT2D eigenvalue weighted by molar-refractivity contribution is 0.0903. The summed E-state index contributed by atoms with van der Waals surface area (Å²) in [6, 6.07) is 1.81. The van der Waals surface area contributed by atoms with Crippen molar-refractivity contribution in [3.63, 3.8) is 0 Å². The van der Waals surface area contributed by atoms with Gasteiger partial charge in [0.15, 0.2) is 0 Å². The van der Waals surface area contributed by atoms with E-state index in [2.05, 4.69) is 20.4 Å². The number of nitrogens with zero attached hydrogens (tertiary/aromatic N) is 3. The van der Waals surface area contributed by atoms with E-state index in [4.69, 9.17) is 16.3 Å². The molecule has 0 bridgehead atoms. The third-order valence-electron chi connectivity index (χ3n) is 3.89. The monoisotopic (exact) mass is 337 g/mol. The normalized spacial score (nSPS) is 17.1. The molecular weight excluding hydrogens is 318 g/mol. The predicted molar refractivity (Wildman–Crippen MR) is 88.0 cm³/mol. The lowest BCUT2D eigenvalue weighted by Crippen LogP contribution is -2.30. The zero-order chi connectivity index (χ0) is 16.2. The third kappa shape index (κ3) is 4.33. The number of aromatic amines is 1. The fourth-order valence-electron chi connectivity index (χ4n) is 2.64. The van der Waals surface area contributed by atoms with E-state index in [1.165, 1.54) is 6.07 Å². The van der Waals surface area contributed by atoms with Crippen LogP contribution >= 0.6 is 11.6 Å². The summed E-state index contributed by atoms with van der Waals surface area (Å²) in [5.74, 6) is 0.563. The van der Waals surface area contributed by atoms with Gasteiger partial charge in [0, 0.05) is 44.0 Å². The first-order valence-electron chi connectivity index (χ1n) is 7.73. The first-order valence-corrected chi connectivity index (χ1v) is 8.11. The summed E-state index contributed by atoms with van der Waals surface area (Å²) in [6.45, 7) is 4.09. The molecule has 1 atom stereocenters. The molecule has 3 rings (SSSR count). The minimum Gasteiger partial charge on any atom is -0.381 e. The quantitative estimate of drug-likeness (QED) is 0.871. The van der Waals surface area contributed by atoms with Gasteiger partial charge in [-0.15, -0.1) is 0 Å². The third-order valence-corrected chi connectivity index (χ3v) is 4.09. The molecule has 23 heavy (non-hydrogen) atoms. The van der Waals surface area contributed by atoms with Gasteiger partial charge in [-0.1, -0.05) is 18.5 Å². The molecule has 1 aliphatic rings. The van der Waals surface area contributed by atoms with Crippen LogP contribution in [0.2, 0.25) is 5.02 Å². The molecule has 1 saturated heterocycles. The average Bonchev–Trinajstić information content (AvgIpc) is 2.93. The molecule has 7 nitrogen and oxygen atoms in total. The molecule has 1 aliphatic heterocycles. The van der Waals surface area contributed by atoms with Crippen LogP contribution in [-0.2, 0) is 11.3 Å². The van der Waals surface area contributed by atoms with Crippen LogP contribution in [0.15, 0.2) is 23.3 Å². The maximum atomic E-state index is 11.9. The maximum Gasteiger partial charge on any atom is 0.252 e. The highest BCUT2D eigenvalue weighted by molar-refractivity contribution is 6.30. The van der Waals surface area contributed by atoms with Crippen LogP contribution < -0.4 is 10.9 Å². The molecule has 3 heterocycles. The Balaban J connectivity index is 1.72. The van der Waals surface area contributed by atoms with Gasteiger partial charge >= 0.3 is 0 Å². The lowest BCUT2D eigenvalue weighted by atomic mass is 10.1. The fourth-order valence-corrected chi connectivity index (χ4v) is 2.80. The summed E-state index contributed by atoms with van der Waals surface area (Å²) >= 11 is 5.87. The molecule has 0 aliphatic carbocycles. The summed E-state index contributed by atoms with van der Waals surface area (Å²) in [4.78, 5) is 19.2. The van der Waals surface area contributed by atoms with Crippen LogP contribution in [0.5, 0.6) is 0 Å². The molecule has 0 unspecified atom stereocenters. The largest absolute Gasteiger partial charge is 0.381 e. The minimum atomic E-state index is -0.157. The number of anilines is 1. The van der Waals surface area contributed by atoms with Gasteiger partial charge < -0.3 is 10.1 Å². The van der Waals surface area contributed by atoms with Crippen molar-refractivity contribution in [2.75, 3.05) is 18.5 Å². The van der Waals surface area contributed by atoms with Crippen molar-refractivity contribution in [3.8, 4) is 0 Å². The summed E-state index contributed by atoms with van der Waals surface area (Å²) in [7, 11) is 0. The number of hydrogen-bond donors (Lipinski definition) is 2. The molecule has 2 aromatic heterocycles. The highest BCUT2D eigenvalue weighted by Crippen LogP contribution is 2.17. The molecule has 1 fully saturated rings. The zero-order valence-corrected chi connectivity index (χ0v) is 13.7. The van der Waals surface area contributed by atoms with Gasteiger partial charge in [0.1, 0.15) is 0 Å². The molecule has 124 valence electrons. The smallest absolute Gasteiger partial charge is 0.252 e. The second kappa shape index (κ2) is 7.14. The summed E-state index contributed by atoms with van der Waals surface area (Å²) in [5.41, 5.74) is 0.574. The van der Waals surface area contributed by atoms with Crippen molar-refractivity contribution >= 4 is 17.5 Å².